The van der Waals surface area contributed by atoms with E-state index in [9.17, 15) is 9.59 Å². The van der Waals surface area contributed by atoms with Crippen molar-refractivity contribution in [3.8, 4) is 0 Å². The number of aromatic amines is 1. The van der Waals surface area contributed by atoms with Gasteiger partial charge in [0.05, 0.1) is 0 Å². The predicted molar refractivity (Wildman–Crippen MR) is 51.5 cm³/mol. The molecule has 0 aliphatic heterocycles. The topological polar surface area (TPSA) is 62.8 Å². The first-order chi connectivity index (χ1) is 6.74. The molecule has 0 spiro atoms. The number of ketones is 1. The highest BCUT2D eigenvalue weighted by atomic mass is 16.1. The Bertz CT molecular complexity index is 514. The number of hydrogen-bond donors (Lipinski definition) is 1. The number of H-pyrrole nitrogens is 1. The third-order valence-corrected chi connectivity index (χ3v) is 2.11. The van der Waals surface area contributed by atoms with Crippen LogP contribution in [-0.2, 0) is 0 Å². The van der Waals surface area contributed by atoms with Crippen molar-refractivity contribution in [3.63, 3.8) is 0 Å². The number of fused-ring (bicyclic) bond motifs is 1. The van der Waals surface area contributed by atoms with Gasteiger partial charge in [-0.25, -0.2) is 4.98 Å². The zero-order valence-electron chi connectivity index (χ0n) is 7.57. The van der Waals surface area contributed by atoms with Crippen molar-refractivity contribution in [1.82, 2.24) is 9.97 Å². The second-order valence-electron chi connectivity index (χ2n) is 3.00. The van der Waals surface area contributed by atoms with Crippen molar-refractivity contribution in [3.05, 3.63) is 29.6 Å². The number of pyridine rings is 1. The molecule has 2 aromatic heterocycles. The van der Waals surface area contributed by atoms with E-state index in [-0.39, 0.29) is 5.78 Å². The molecule has 2 aromatic rings. The third-order valence-electron chi connectivity index (χ3n) is 2.11. The number of aromatic nitrogens is 2. The molecule has 4 heteroatoms. The standard InChI is InChI=1S/C10H8N2O2/c1-6(14)8-4-12-10-9(8)7(5-13)2-3-11-10/h2-5H,1H3,(H,11,12). The summed E-state index contributed by atoms with van der Waals surface area (Å²) in [7, 11) is 0. The summed E-state index contributed by atoms with van der Waals surface area (Å²) in [4.78, 5) is 28.8. The van der Waals surface area contributed by atoms with Crippen LogP contribution in [0.4, 0.5) is 0 Å². The van der Waals surface area contributed by atoms with Crippen LogP contribution in [0.5, 0.6) is 0 Å². The lowest BCUT2D eigenvalue weighted by atomic mass is 10.1. The molecule has 0 saturated heterocycles. The minimum atomic E-state index is -0.0765. The SMILES string of the molecule is CC(=O)c1c[nH]c2nccc(C=O)c12. The highest BCUT2D eigenvalue weighted by Gasteiger charge is 2.11. The highest BCUT2D eigenvalue weighted by molar-refractivity contribution is 6.10. The molecule has 0 atom stereocenters. The van der Waals surface area contributed by atoms with Crippen LogP contribution < -0.4 is 0 Å². The predicted octanol–water partition coefficient (Wildman–Crippen LogP) is 1.58. The number of hydrogen-bond acceptors (Lipinski definition) is 3. The Morgan fingerprint density at radius 1 is 1.57 bits per heavy atom. The Morgan fingerprint density at radius 2 is 2.36 bits per heavy atom. The van der Waals surface area contributed by atoms with Gasteiger partial charge in [0.2, 0.25) is 0 Å². The van der Waals surface area contributed by atoms with E-state index in [1.807, 2.05) is 0 Å². The van der Waals surface area contributed by atoms with Crippen LogP contribution in [0.25, 0.3) is 11.0 Å². The molecular formula is C10H8N2O2. The number of rotatable bonds is 2. The largest absolute Gasteiger partial charge is 0.345 e. The van der Waals surface area contributed by atoms with Crippen LogP contribution in [0.15, 0.2) is 18.5 Å². The summed E-state index contributed by atoms with van der Waals surface area (Å²) in [5, 5.41) is 0.606. The second kappa shape index (κ2) is 3.06. The van der Waals surface area contributed by atoms with Gasteiger partial charge in [0.25, 0.3) is 0 Å². The third kappa shape index (κ3) is 1.12. The number of nitrogens with zero attached hydrogens (tertiary/aromatic N) is 1. The van der Waals surface area contributed by atoms with Crippen LogP contribution in [0.1, 0.15) is 27.6 Å². The van der Waals surface area contributed by atoms with Gasteiger partial charge in [-0.15, -0.1) is 0 Å². The van der Waals surface area contributed by atoms with E-state index < -0.39 is 0 Å². The first kappa shape index (κ1) is 8.62. The Morgan fingerprint density at radius 3 is 3.00 bits per heavy atom. The fourth-order valence-corrected chi connectivity index (χ4v) is 1.46. The Labute approximate surface area is 80.0 Å². The summed E-state index contributed by atoms with van der Waals surface area (Å²) >= 11 is 0. The molecule has 0 fully saturated rings. The van der Waals surface area contributed by atoms with E-state index in [4.69, 9.17) is 0 Å². The average Bonchev–Trinajstić information content (AvgIpc) is 2.60. The number of Topliss-reactive ketones (excluding diaryl/α,β-unsaturated/α-hetero) is 1. The fourth-order valence-electron chi connectivity index (χ4n) is 1.46. The molecule has 0 saturated carbocycles. The molecule has 0 aromatic carbocycles. The van der Waals surface area contributed by atoms with Crippen molar-refractivity contribution in [2.45, 2.75) is 6.92 Å². The molecule has 4 nitrogen and oxygen atoms in total. The van der Waals surface area contributed by atoms with Crippen molar-refractivity contribution < 1.29 is 9.59 Å². The van der Waals surface area contributed by atoms with Gasteiger partial charge in [-0.2, -0.15) is 0 Å². The molecule has 70 valence electrons. The lowest BCUT2D eigenvalue weighted by Gasteiger charge is -1.95. The first-order valence-electron chi connectivity index (χ1n) is 4.16. The number of nitrogens with one attached hydrogen (secondary N) is 1. The molecule has 0 bridgehead atoms. The van der Waals surface area contributed by atoms with E-state index >= 15 is 0 Å². The van der Waals surface area contributed by atoms with E-state index in [1.165, 1.54) is 13.1 Å². The molecule has 2 rings (SSSR count). The van der Waals surface area contributed by atoms with E-state index in [0.29, 0.717) is 22.2 Å². The molecule has 0 aliphatic carbocycles. The summed E-state index contributed by atoms with van der Waals surface area (Å²) in [6.07, 6.45) is 3.84. The van der Waals surface area contributed by atoms with Gasteiger partial charge in [-0.05, 0) is 13.0 Å². The minimum absolute atomic E-state index is 0.0765. The van der Waals surface area contributed by atoms with Crippen molar-refractivity contribution in [1.29, 1.82) is 0 Å². The van der Waals surface area contributed by atoms with Gasteiger partial charge in [0.1, 0.15) is 5.65 Å². The van der Waals surface area contributed by atoms with Crippen LogP contribution in [-0.4, -0.2) is 22.0 Å². The number of aldehydes is 1. The highest BCUT2D eigenvalue weighted by Crippen LogP contribution is 2.19. The molecule has 1 N–H and O–H groups in total. The lowest BCUT2D eigenvalue weighted by molar-refractivity contribution is 0.101. The molecule has 0 radical (unpaired) electrons. The average molecular weight is 188 g/mol. The quantitative estimate of drug-likeness (QED) is 0.574. The molecule has 14 heavy (non-hydrogen) atoms. The second-order valence-corrected chi connectivity index (χ2v) is 3.00. The van der Waals surface area contributed by atoms with Crippen LogP contribution in [0.3, 0.4) is 0 Å². The molecule has 0 unspecified atom stereocenters. The maximum atomic E-state index is 11.2. The van der Waals surface area contributed by atoms with Gasteiger partial charge in [-0.1, -0.05) is 0 Å². The lowest BCUT2D eigenvalue weighted by Crippen LogP contribution is -1.92. The summed E-state index contributed by atoms with van der Waals surface area (Å²) in [6.45, 7) is 1.46. The Balaban J connectivity index is 2.87. The Kier molecular flexibility index (Phi) is 1.89. The van der Waals surface area contributed by atoms with Crippen LogP contribution in [0, 0.1) is 0 Å². The van der Waals surface area contributed by atoms with Gasteiger partial charge < -0.3 is 4.98 Å². The summed E-state index contributed by atoms with van der Waals surface area (Å²) in [6, 6.07) is 1.59. The summed E-state index contributed by atoms with van der Waals surface area (Å²) in [5.74, 6) is -0.0765. The molecule has 2 heterocycles. The zero-order chi connectivity index (χ0) is 10.1. The number of carbonyl (C=O) groups is 2. The zero-order valence-corrected chi connectivity index (χ0v) is 7.57. The first-order valence-corrected chi connectivity index (χ1v) is 4.16. The maximum Gasteiger partial charge on any atom is 0.162 e. The number of carbonyl (C=O) groups excluding carboxylic acids is 2. The fraction of sp³-hybridized carbons (Fsp3) is 0.100. The smallest absolute Gasteiger partial charge is 0.162 e. The van der Waals surface area contributed by atoms with Crippen molar-refractivity contribution in [2.75, 3.05) is 0 Å². The summed E-state index contributed by atoms with van der Waals surface area (Å²) < 4.78 is 0. The van der Waals surface area contributed by atoms with Gasteiger partial charge in [0.15, 0.2) is 12.1 Å². The minimum Gasteiger partial charge on any atom is -0.345 e. The van der Waals surface area contributed by atoms with Crippen molar-refractivity contribution >= 4 is 23.1 Å². The van der Waals surface area contributed by atoms with Gasteiger partial charge in [-0.3, -0.25) is 9.59 Å². The Hall–Kier alpha value is -1.97. The van der Waals surface area contributed by atoms with E-state index in [2.05, 4.69) is 9.97 Å². The van der Waals surface area contributed by atoms with Crippen molar-refractivity contribution in [2.24, 2.45) is 0 Å². The van der Waals surface area contributed by atoms with E-state index in [0.717, 1.165) is 6.29 Å². The maximum absolute atomic E-state index is 11.2. The summed E-state index contributed by atoms with van der Waals surface area (Å²) in [5.41, 5.74) is 1.57. The van der Waals surface area contributed by atoms with Crippen LogP contribution >= 0.6 is 0 Å². The monoisotopic (exact) mass is 188 g/mol. The van der Waals surface area contributed by atoms with E-state index in [1.54, 1.807) is 12.3 Å². The molecule has 0 amide bonds. The van der Waals surface area contributed by atoms with Gasteiger partial charge in [0, 0.05) is 28.9 Å². The van der Waals surface area contributed by atoms with Crippen LogP contribution in [0.2, 0.25) is 0 Å². The molecular weight excluding hydrogens is 180 g/mol. The van der Waals surface area contributed by atoms with Gasteiger partial charge >= 0.3 is 0 Å². The normalized spacial score (nSPS) is 10.4. The molecule has 0 aliphatic rings.